The van der Waals surface area contributed by atoms with Crippen molar-refractivity contribution in [2.45, 2.75) is 50.8 Å². The predicted molar refractivity (Wildman–Crippen MR) is 81.8 cm³/mol. The van der Waals surface area contributed by atoms with Crippen LogP contribution >= 0.6 is 0 Å². The summed E-state index contributed by atoms with van der Waals surface area (Å²) in [5, 5.41) is 16.6. The highest BCUT2D eigenvalue weighted by Crippen LogP contribution is 2.31. The van der Waals surface area contributed by atoms with Crippen molar-refractivity contribution in [1.82, 2.24) is 10.6 Å². The molecule has 1 aliphatic carbocycles. The summed E-state index contributed by atoms with van der Waals surface area (Å²) in [6.07, 6.45) is 3.27. The summed E-state index contributed by atoms with van der Waals surface area (Å²) in [7, 11) is 0. The summed E-state index contributed by atoms with van der Waals surface area (Å²) >= 11 is 0. The molecule has 1 fully saturated rings. The molecule has 1 saturated heterocycles. The molecule has 1 heterocycles. The Morgan fingerprint density at radius 3 is 3.05 bits per heavy atom. The van der Waals surface area contributed by atoms with Gasteiger partial charge < -0.3 is 15.7 Å². The average molecular weight is 288 g/mol. The highest BCUT2D eigenvalue weighted by Gasteiger charge is 2.34. The molecule has 0 spiro atoms. The minimum atomic E-state index is -0.517. The van der Waals surface area contributed by atoms with Gasteiger partial charge in [-0.15, -0.1) is 0 Å². The maximum atomic E-state index is 12.5. The van der Waals surface area contributed by atoms with Gasteiger partial charge in [0.05, 0.1) is 18.2 Å². The second kappa shape index (κ2) is 6.16. The fourth-order valence-electron chi connectivity index (χ4n) is 3.57. The van der Waals surface area contributed by atoms with E-state index in [9.17, 15) is 9.90 Å². The van der Waals surface area contributed by atoms with Gasteiger partial charge in [0.15, 0.2) is 0 Å². The summed E-state index contributed by atoms with van der Waals surface area (Å²) in [6, 6.07) is 7.57. The summed E-state index contributed by atoms with van der Waals surface area (Å²) < 4.78 is 0. The first-order valence-electron chi connectivity index (χ1n) is 7.98. The van der Waals surface area contributed by atoms with Crippen molar-refractivity contribution in [3.05, 3.63) is 35.4 Å². The van der Waals surface area contributed by atoms with E-state index in [-0.39, 0.29) is 18.0 Å². The Balaban J connectivity index is 1.67. The van der Waals surface area contributed by atoms with E-state index < -0.39 is 6.10 Å². The number of carbonyl (C=O) groups excluding carboxylic acids is 1. The van der Waals surface area contributed by atoms with Gasteiger partial charge in [0, 0.05) is 6.42 Å². The molecule has 0 saturated carbocycles. The van der Waals surface area contributed by atoms with Gasteiger partial charge in [-0.25, -0.2) is 0 Å². The summed E-state index contributed by atoms with van der Waals surface area (Å²) in [5.41, 5.74) is 2.19. The molecule has 0 radical (unpaired) electrons. The monoisotopic (exact) mass is 288 g/mol. The lowest BCUT2D eigenvalue weighted by molar-refractivity contribution is -0.125. The second-order valence-electron chi connectivity index (χ2n) is 6.26. The standard InChI is InChI=1S/C17H24N2O2/c1-2-11-7-8-18-14(9-11)17(21)19-16-13-6-4-3-5-12(13)10-15(16)20/h3-6,11,14-16,18,20H,2,7-10H2,1H3,(H,19,21)/t11?,14?,15-,16+/m1/s1. The summed E-state index contributed by atoms with van der Waals surface area (Å²) in [6.45, 7) is 3.09. The molecule has 114 valence electrons. The molecule has 21 heavy (non-hydrogen) atoms. The summed E-state index contributed by atoms with van der Waals surface area (Å²) in [5.74, 6) is 0.650. The maximum Gasteiger partial charge on any atom is 0.237 e. The van der Waals surface area contributed by atoms with Crippen molar-refractivity contribution < 1.29 is 9.90 Å². The summed E-state index contributed by atoms with van der Waals surface area (Å²) in [4.78, 5) is 12.5. The Hall–Kier alpha value is -1.39. The van der Waals surface area contributed by atoms with Gasteiger partial charge in [-0.2, -0.15) is 0 Å². The quantitative estimate of drug-likeness (QED) is 0.790. The van der Waals surface area contributed by atoms with E-state index >= 15 is 0 Å². The third-order valence-corrected chi connectivity index (χ3v) is 4.91. The van der Waals surface area contributed by atoms with Crippen molar-refractivity contribution in [1.29, 1.82) is 0 Å². The molecular weight excluding hydrogens is 264 g/mol. The lowest BCUT2D eigenvalue weighted by atomic mass is 9.90. The first kappa shape index (κ1) is 14.5. The van der Waals surface area contributed by atoms with E-state index in [4.69, 9.17) is 0 Å². The van der Waals surface area contributed by atoms with Crippen LogP contribution in [-0.2, 0) is 11.2 Å². The molecule has 1 aromatic carbocycles. The molecule has 0 bridgehead atoms. The van der Waals surface area contributed by atoms with E-state index in [0.29, 0.717) is 12.3 Å². The van der Waals surface area contributed by atoms with E-state index in [2.05, 4.69) is 17.6 Å². The van der Waals surface area contributed by atoms with Crippen LogP contribution in [0.3, 0.4) is 0 Å². The van der Waals surface area contributed by atoms with Crippen molar-refractivity contribution in [2.75, 3.05) is 6.54 Å². The number of piperidine rings is 1. The van der Waals surface area contributed by atoms with Crippen LogP contribution in [0.2, 0.25) is 0 Å². The van der Waals surface area contributed by atoms with Gasteiger partial charge in [-0.1, -0.05) is 37.6 Å². The number of fused-ring (bicyclic) bond motifs is 1. The van der Waals surface area contributed by atoms with Crippen LogP contribution in [0.1, 0.15) is 43.4 Å². The number of hydrogen-bond acceptors (Lipinski definition) is 3. The lowest BCUT2D eigenvalue weighted by Crippen LogP contribution is -2.50. The van der Waals surface area contributed by atoms with Crippen LogP contribution in [-0.4, -0.2) is 29.7 Å². The van der Waals surface area contributed by atoms with Crippen molar-refractivity contribution in [3.63, 3.8) is 0 Å². The molecule has 4 atom stereocenters. The molecule has 3 rings (SSSR count). The Labute approximate surface area is 125 Å². The Kier molecular flexibility index (Phi) is 4.27. The molecule has 1 aliphatic heterocycles. The van der Waals surface area contributed by atoms with Gasteiger partial charge in [0.1, 0.15) is 0 Å². The number of aliphatic hydroxyl groups is 1. The van der Waals surface area contributed by atoms with E-state index in [1.807, 2.05) is 24.3 Å². The minimum absolute atomic E-state index is 0.0221. The van der Waals surface area contributed by atoms with Crippen molar-refractivity contribution in [3.8, 4) is 0 Å². The SMILES string of the molecule is CCC1CCNC(C(=O)N[C@H]2c3ccccc3C[C@H]2O)C1. The van der Waals surface area contributed by atoms with Crippen LogP contribution in [0.5, 0.6) is 0 Å². The zero-order chi connectivity index (χ0) is 14.8. The number of nitrogens with one attached hydrogen (secondary N) is 2. The molecule has 4 heteroatoms. The molecule has 2 aliphatic rings. The first-order chi connectivity index (χ1) is 10.2. The Bertz CT molecular complexity index is 517. The van der Waals surface area contributed by atoms with E-state index in [1.165, 1.54) is 0 Å². The van der Waals surface area contributed by atoms with Crippen LogP contribution < -0.4 is 10.6 Å². The fourth-order valence-corrected chi connectivity index (χ4v) is 3.57. The largest absolute Gasteiger partial charge is 0.390 e. The van der Waals surface area contributed by atoms with Crippen LogP contribution in [0.4, 0.5) is 0 Å². The van der Waals surface area contributed by atoms with Crippen molar-refractivity contribution in [2.24, 2.45) is 5.92 Å². The number of carbonyl (C=O) groups is 1. The fraction of sp³-hybridized carbons (Fsp3) is 0.588. The van der Waals surface area contributed by atoms with Gasteiger partial charge in [-0.3, -0.25) is 4.79 Å². The van der Waals surface area contributed by atoms with Crippen LogP contribution in [0.15, 0.2) is 24.3 Å². The predicted octanol–water partition coefficient (Wildman–Crippen LogP) is 1.54. The molecule has 3 N–H and O–H groups in total. The van der Waals surface area contributed by atoms with Crippen LogP contribution in [0, 0.1) is 5.92 Å². The zero-order valence-corrected chi connectivity index (χ0v) is 12.5. The minimum Gasteiger partial charge on any atom is -0.390 e. The van der Waals surface area contributed by atoms with E-state index in [1.54, 1.807) is 0 Å². The van der Waals surface area contributed by atoms with E-state index in [0.717, 1.165) is 36.9 Å². The second-order valence-corrected chi connectivity index (χ2v) is 6.26. The normalized spacial score (nSPS) is 31.7. The molecular formula is C17H24N2O2. The number of aliphatic hydroxyl groups excluding tert-OH is 1. The third kappa shape index (κ3) is 2.97. The molecule has 0 aromatic heterocycles. The number of hydrogen-bond donors (Lipinski definition) is 3. The topological polar surface area (TPSA) is 61.4 Å². The van der Waals surface area contributed by atoms with Gasteiger partial charge >= 0.3 is 0 Å². The first-order valence-corrected chi connectivity index (χ1v) is 7.98. The average Bonchev–Trinajstić information content (AvgIpc) is 2.83. The van der Waals surface area contributed by atoms with Gasteiger partial charge in [-0.05, 0) is 36.4 Å². The van der Waals surface area contributed by atoms with Gasteiger partial charge in [0.25, 0.3) is 0 Å². The molecule has 2 unspecified atom stereocenters. The molecule has 4 nitrogen and oxygen atoms in total. The lowest BCUT2D eigenvalue weighted by Gasteiger charge is -2.30. The highest BCUT2D eigenvalue weighted by molar-refractivity contribution is 5.82. The Morgan fingerprint density at radius 1 is 1.43 bits per heavy atom. The Morgan fingerprint density at radius 2 is 2.24 bits per heavy atom. The zero-order valence-electron chi connectivity index (χ0n) is 12.5. The van der Waals surface area contributed by atoms with Gasteiger partial charge in [0.2, 0.25) is 5.91 Å². The smallest absolute Gasteiger partial charge is 0.237 e. The number of benzene rings is 1. The molecule has 1 aromatic rings. The number of rotatable bonds is 3. The maximum absolute atomic E-state index is 12.5. The van der Waals surface area contributed by atoms with Crippen LogP contribution in [0.25, 0.3) is 0 Å². The van der Waals surface area contributed by atoms with Crippen molar-refractivity contribution >= 4 is 5.91 Å². The highest BCUT2D eigenvalue weighted by atomic mass is 16.3. The third-order valence-electron chi connectivity index (χ3n) is 4.91. The number of amides is 1. The molecule has 1 amide bonds.